The first kappa shape index (κ1) is 14.4. The molecular formula is C13H16F2O3. The molecule has 1 atom stereocenters. The Balaban J connectivity index is 3.31. The van der Waals surface area contributed by atoms with Gasteiger partial charge in [-0.05, 0) is 23.6 Å². The van der Waals surface area contributed by atoms with E-state index in [2.05, 4.69) is 0 Å². The molecule has 5 heteroatoms. The van der Waals surface area contributed by atoms with Crippen LogP contribution in [0.15, 0.2) is 12.1 Å². The topological polar surface area (TPSA) is 35.5 Å². The first-order valence-corrected chi connectivity index (χ1v) is 5.52. The van der Waals surface area contributed by atoms with Crippen molar-refractivity contribution >= 4 is 6.29 Å². The van der Waals surface area contributed by atoms with Gasteiger partial charge in [0, 0.05) is 6.42 Å². The molecule has 0 saturated carbocycles. The van der Waals surface area contributed by atoms with Crippen molar-refractivity contribution in [3.05, 3.63) is 23.3 Å². The van der Waals surface area contributed by atoms with Gasteiger partial charge in [-0.2, -0.15) is 0 Å². The molecule has 100 valence electrons. The number of ether oxygens (including phenoxy) is 2. The van der Waals surface area contributed by atoms with Gasteiger partial charge in [-0.15, -0.1) is 0 Å². The maximum atomic E-state index is 13.0. The Hall–Kier alpha value is -1.65. The Morgan fingerprint density at radius 1 is 1.28 bits per heavy atom. The highest BCUT2D eigenvalue weighted by Crippen LogP contribution is 2.40. The first-order valence-electron chi connectivity index (χ1n) is 5.52. The molecule has 1 unspecified atom stereocenters. The van der Waals surface area contributed by atoms with Crippen molar-refractivity contribution in [1.29, 1.82) is 0 Å². The van der Waals surface area contributed by atoms with Crippen LogP contribution in [0, 0.1) is 0 Å². The fraction of sp³-hybridized carbons (Fsp3) is 0.462. The van der Waals surface area contributed by atoms with Crippen LogP contribution in [0.2, 0.25) is 0 Å². The number of methoxy groups -OCH3 is 2. The third kappa shape index (κ3) is 2.97. The highest BCUT2D eigenvalue weighted by atomic mass is 19.3. The molecule has 0 aromatic heterocycles. The van der Waals surface area contributed by atoms with Gasteiger partial charge in [0.1, 0.15) is 6.29 Å². The van der Waals surface area contributed by atoms with E-state index < -0.39 is 6.43 Å². The maximum Gasteiger partial charge on any atom is 0.267 e. The predicted octanol–water partition coefficient (Wildman–Crippen LogP) is 3.33. The van der Waals surface area contributed by atoms with Crippen LogP contribution in [0.25, 0.3) is 0 Å². The normalized spacial score (nSPS) is 12.3. The van der Waals surface area contributed by atoms with Crippen molar-refractivity contribution in [3.63, 3.8) is 0 Å². The number of halogens is 2. The van der Waals surface area contributed by atoms with Crippen LogP contribution in [-0.2, 0) is 4.79 Å². The van der Waals surface area contributed by atoms with Crippen molar-refractivity contribution < 1.29 is 23.0 Å². The third-order valence-corrected chi connectivity index (χ3v) is 2.78. The Kier molecular flexibility index (Phi) is 5.07. The van der Waals surface area contributed by atoms with Gasteiger partial charge in [0.25, 0.3) is 6.43 Å². The van der Waals surface area contributed by atoms with E-state index in [9.17, 15) is 13.6 Å². The fourth-order valence-corrected chi connectivity index (χ4v) is 1.74. The summed E-state index contributed by atoms with van der Waals surface area (Å²) in [5, 5.41) is 0. The molecule has 0 bridgehead atoms. The van der Waals surface area contributed by atoms with Gasteiger partial charge >= 0.3 is 0 Å². The van der Waals surface area contributed by atoms with Crippen LogP contribution >= 0.6 is 0 Å². The lowest BCUT2D eigenvalue weighted by Gasteiger charge is -2.17. The molecule has 0 radical (unpaired) electrons. The van der Waals surface area contributed by atoms with Gasteiger partial charge in [0.15, 0.2) is 11.5 Å². The van der Waals surface area contributed by atoms with Gasteiger partial charge in [-0.1, -0.05) is 6.92 Å². The number of alkyl halides is 2. The van der Waals surface area contributed by atoms with Gasteiger partial charge in [0.05, 0.1) is 19.8 Å². The highest BCUT2D eigenvalue weighted by molar-refractivity contribution is 5.54. The average Bonchev–Trinajstić information content (AvgIpc) is 2.37. The summed E-state index contributed by atoms with van der Waals surface area (Å²) in [7, 11) is 2.71. The zero-order chi connectivity index (χ0) is 13.7. The van der Waals surface area contributed by atoms with Crippen molar-refractivity contribution in [2.24, 2.45) is 0 Å². The molecule has 0 saturated heterocycles. The number of rotatable bonds is 6. The van der Waals surface area contributed by atoms with Crippen LogP contribution in [-0.4, -0.2) is 20.5 Å². The number of benzene rings is 1. The smallest absolute Gasteiger partial charge is 0.267 e. The molecule has 1 aromatic carbocycles. The number of aldehydes is 1. The molecule has 0 amide bonds. The molecule has 0 aliphatic heterocycles. The molecule has 0 spiro atoms. The Labute approximate surface area is 105 Å². The van der Waals surface area contributed by atoms with E-state index in [0.29, 0.717) is 5.56 Å². The monoisotopic (exact) mass is 258 g/mol. The van der Waals surface area contributed by atoms with E-state index in [1.54, 1.807) is 13.0 Å². The van der Waals surface area contributed by atoms with Crippen LogP contribution in [0.5, 0.6) is 11.5 Å². The van der Waals surface area contributed by atoms with Gasteiger partial charge in [-0.3, -0.25) is 0 Å². The lowest BCUT2D eigenvalue weighted by Crippen LogP contribution is -2.02. The molecule has 18 heavy (non-hydrogen) atoms. The van der Waals surface area contributed by atoms with Crippen LogP contribution < -0.4 is 9.47 Å². The molecule has 0 fully saturated rings. The molecule has 1 aromatic rings. The Bertz CT molecular complexity index is 419. The Morgan fingerprint density at radius 2 is 1.94 bits per heavy atom. The molecule has 3 nitrogen and oxygen atoms in total. The largest absolute Gasteiger partial charge is 0.493 e. The second-order valence-corrected chi connectivity index (χ2v) is 3.95. The molecule has 0 aliphatic rings. The quantitative estimate of drug-likeness (QED) is 0.734. The van der Waals surface area contributed by atoms with Crippen molar-refractivity contribution in [1.82, 2.24) is 0 Å². The second-order valence-electron chi connectivity index (χ2n) is 3.95. The molecular weight excluding hydrogens is 242 g/mol. The minimum Gasteiger partial charge on any atom is -0.493 e. The SMILES string of the molecule is COc1cc(C(C)CC=O)cc(C(F)F)c1OC. The molecule has 1 rings (SSSR count). The second kappa shape index (κ2) is 6.33. The number of hydrogen-bond donors (Lipinski definition) is 0. The van der Waals surface area contributed by atoms with E-state index in [1.165, 1.54) is 20.3 Å². The zero-order valence-corrected chi connectivity index (χ0v) is 10.6. The number of carbonyl (C=O) groups excluding carboxylic acids is 1. The summed E-state index contributed by atoms with van der Waals surface area (Å²) >= 11 is 0. The zero-order valence-electron chi connectivity index (χ0n) is 10.6. The summed E-state index contributed by atoms with van der Waals surface area (Å²) in [5.41, 5.74) is 0.416. The minimum atomic E-state index is -2.66. The van der Waals surface area contributed by atoms with Gasteiger partial charge in [-0.25, -0.2) is 8.78 Å². The number of hydrogen-bond acceptors (Lipinski definition) is 3. The molecule has 0 N–H and O–H groups in total. The van der Waals surface area contributed by atoms with Crippen molar-refractivity contribution in [2.45, 2.75) is 25.7 Å². The van der Waals surface area contributed by atoms with E-state index >= 15 is 0 Å². The van der Waals surface area contributed by atoms with E-state index in [0.717, 1.165) is 6.29 Å². The van der Waals surface area contributed by atoms with Crippen LogP contribution in [0.3, 0.4) is 0 Å². The lowest BCUT2D eigenvalue weighted by atomic mass is 9.95. The standard InChI is InChI=1S/C13H16F2O3/c1-8(4-5-16)9-6-10(13(14)15)12(18-3)11(7-9)17-2/h5-8,13H,4H2,1-3H3. The van der Waals surface area contributed by atoms with Crippen molar-refractivity contribution in [3.8, 4) is 11.5 Å². The maximum absolute atomic E-state index is 13.0. The van der Waals surface area contributed by atoms with Crippen molar-refractivity contribution in [2.75, 3.05) is 14.2 Å². The number of carbonyl (C=O) groups is 1. The third-order valence-electron chi connectivity index (χ3n) is 2.78. The molecule has 0 aliphatic carbocycles. The summed E-state index contributed by atoms with van der Waals surface area (Å²) < 4.78 is 35.9. The van der Waals surface area contributed by atoms with E-state index in [4.69, 9.17) is 9.47 Å². The summed E-state index contributed by atoms with van der Waals surface area (Å²) in [6.45, 7) is 1.80. The summed E-state index contributed by atoms with van der Waals surface area (Å²) in [4.78, 5) is 10.5. The fourth-order valence-electron chi connectivity index (χ4n) is 1.74. The average molecular weight is 258 g/mol. The highest BCUT2D eigenvalue weighted by Gasteiger charge is 2.21. The van der Waals surface area contributed by atoms with Crippen LogP contribution in [0.4, 0.5) is 8.78 Å². The Morgan fingerprint density at radius 3 is 2.39 bits per heavy atom. The summed E-state index contributed by atoms with van der Waals surface area (Å²) in [6.07, 6.45) is -1.61. The predicted molar refractivity (Wildman–Crippen MR) is 63.6 cm³/mol. The minimum absolute atomic E-state index is 0.0366. The van der Waals surface area contributed by atoms with Gasteiger partial charge < -0.3 is 14.3 Å². The van der Waals surface area contributed by atoms with E-state index in [-0.39, 0.29) is 29.4 Å². The summed E-state index contributed by atoms with van der Waals surface area (Å²) in [6, 6.07) is 2.99. The lowest BCUT2D eigenvalue weighted by molar-refractivity contribution is -0.108. The molecule has 0 heterocycles. The van der Waals surface area contributed by atoms with Gasteiger partial charge in [0.2, 0.25) is 0 Å². The van der Waals surface area contributed by atoms with E-state index in [1.807, 2.05) is 0 Å². The first-order chi connectivity index (χ1) is 8.54. The van der Waals surface area contributed by atoms with Crippen LogP contribution in [0.1, 0.15) is 36.8 Å². The summed E-state index contributed by atoms with van der Waals surface area (Å²) in [5.74, 6) is 0.150.